The first-order chi connectivity index (χ1) is 7.08. The SMILES string of the molecule is CC(O)CC1CN(C)c2ccc(F)cc21. The minimum atomic E-state index is -0.336. The van der Waals surface area contributed by atoms with Gasteiger partial charge in [0.1, 0.15) is 5.82 Å². The van der Waals surface area contributed by atoms with Crippen LogP contribution in [-0.4, -0.2) is 24.8 Å². The van der Waals surface area contributed by atoms with E-state index in [-0.39, 0.29) is 17.8 Å². The van der Waals surface area contributed by atoms with Crippen LogP contribution in [0.5, 0.6) is 0 Å². The highest BCUT2D eigenvalue weighted by atomic mass is 19.1. The fourth-order valence-corrected chi connectivity index (χ4v) is 2.34. The lowest BCUT2D eigenvalue weighted by molar-refractivity contribution is 0.176. The van der Waals surface area contributed by atoms with Crippen molar-refractivity contribution in [3.8, 4) is 0 Å². The summed E-state index contributed by atoms with van der Waals surface area (Å²) in [6.45, 7) is 2.64. The minimum absolute atomic E-state index is 0.195. The summed E-state index contributed by atoms with van der Waals surface area (Å²) in [5, 5.41) is 9.38. The summed E-state index contributed by atoms with van der Waals surface area (Å²) in [5.41, 5.74) is 2.11. The number of fused-ring (bicyclic) bond motifs is 1. The van der Waals surface area contributed by atoms with Crippen molar-refractivity contribution in [2.24, 2.45) is 0 Å². The van der Waals surface area contributed by atoms with E-state index in [1.165, 1.54) is 6.07 Å². The third kappa shape index (κ3) is 1.97. The molecule has 1 heterocycles. The van der Waals surface area contributed by atoms with Crippen molar-refractivity contribution < 1.29 is 9.50 Å². The lowest BCUT2D eigenvalue weighted by Crippen LogP contribution is -2.17. The molecule has 0 fully saturated rings. The van der Waals surface area contributed by atoms with E-state index in [9.17, 15) is 9.50 Å². The second kappa shape index (κ2) is 3.81. The molecule has 1 aliphatic rings. The van der Waals surface area contributed by atoms with Crippen LogP contribution in [0.1, 0.15) is 24.8 Å². The van der Waals surface area contributed by atoms with Gasteiger partial charge < -0.3 is 10.0 Å². The van der Waals surface area contributed by atoms with Crippen molar-refractivity contribution in [1.29, 1.82) is 0 Å². The third-order valence-electron chi connectivity index (χ3n) is 2.96. The van der Waals surface area contributed by atoms with Crippen LogP contribution >= 0.6 is 0 Å². The summed E-state index contributed by atoms with van der Waals surface area (Å²) in [5.74, 6) is 0.0559. The molecule has 0 aliphatic carbocycles. The molecule has 2 unspecified atom stereocenters. The van der Waals surface area contributed by atoms with Crippen LogP contribution in [0, 0.1) is 5.82 Å². The Morgan fingerprint density at radius 3 is 3.00 bits per heavy atom. The first-order valence-corrected chi connectivity index (χ1v) is 5.26. The summed E-state index contributed by atoms with van der Waals surface area (Å²) in [6.07, 6.45) is 0.360. The first-order valence-electron chi connectivity index (χ1n) is 5.26. The zero-order valence-corrected chi connectivity index (χ0v) is 9.07. The number of hydrogen-bond acceptors (Lipinski definition) is 2. The number of hydrogen-bond donors (Lipinski definition) is 1. The molecule has 82 valence electrons. The van der Waals surface area contributed by atoms with E-state index in [0.717, 1.165) is 17.8 Å². The van der Waals surface area contributed by atoms with Gasteiger partial charge in [0.2, 0.25) is 0 Å². The third-order valence-corrected chi connectivity index (χ3v) is 2.96. The molecule has 0 aromatic heterocycles. The highest BCUT2D eigenvalue weighted by Crippen LogP contribution is 2.37. The minimum Gasteiger partial charge on any atom is -0.393 e. The molecule has 0 saturated carbocycles. The molecular weight excluding hydrogens is 193 g/mol. The molecule has 2 nitrogen and oxygen atoms in total. The maximum absolute atomic E-state index is 13.1. The Morgan fingerprint density at radius 2 is 2.33 bits per heavy atom. The van der Waals surface area contributed by atoms with Crippen molar-refractivity contribution in [3.05, 3.63) is 29.6 Å². The number of aliphatic hydroxyl groups excluding tert-OH is 1. The van der Waals surface area contributed by atoms with Crippen LogP contribution in [0.15, 0.2) is 18.2 Å². The normalized spacial score (nSPS) is 21.6. The Morgan fingerprint density at radius 1 is 1.60 bits per heavy atom. The Balaban J connectivity index is 2.31. The van der Waals surface area contributed by atoms with E-state index >= 15 is 0 Å². The number of rotatable bonds is 2. The molecule has 1 aromatic rings. The maximum atomic E-state index is 13.1. The smallest absolute Gasteiger partial charge is 0.123 e. The molecule has 15 heavy (non-hydrogen) atoms. The molecule has 1 aliphatic heterocycles. The van der Waals surface area contributed by atoms with Gasteiger partial charge in [0, 0.05) is 25.2 Å². The Labute approximate surface area is 89.3 Å². The van der Waals surface area contributed by atoms with Crippen LogP contribution in [0.4, 0.5) is 10.1 Å². The number of anilines is 1. The largest absolute Gasteiger partial charge is 0.393 e. The second-order valence-corrected chi connectivity index (χ2v) is 4.37. The molecule has 0 spiro atoms. The molecule has 3 heteroatoms. The molecule has 0 amide bonds. The van der Waals surface area contributed by atoms with Gasteiger partial charge in [-0.2, -0.15) is 0 Å². The predicted molar refractivity (Wildman–Crippen MR) is 58.7 cm³/mol. The van der Waals surface area contributed by atoms with E-state index in [4.69, 9.17) is 0 Å². The van der Waals surface area contributed by atoms with E-state index in [1.807, 2.05) is 13.1 Å². The Bertz CT molecular complexity index is 363. The number of benzene rings is 1. The van der Waals surface area contributed by atoms with Gasteiger partial charge >= 0.3 is 0 Å². The lowest BCUT2D eigenvalue weighted by Gasteiger charge is -2.13. The maximum Gasteiger partial charge on any atom is 0.123 e. The lowest BCUT2D eigenvalue weighted by atomic mass is 9.95. The second-order valence-electron chi connectivity index (χ2n) is 4.37. The topological polar surface area (TPSA) is 23.5 Å². The molecule has 0 saturated heterocycles. The average molecular weight is 209 g/mol. The summed E-state index contributed by atoms with van der Waals surface area (Å²) in [6, 6.07) is 4.89. The number of nitrogens with zero attached hydrogens (tertiary/aromatic N) is 1. The van der Waals surface area contributed by atoms with Gasteiger partial charge in [-0.3, -0.25) is 0 Å². The van der Waals surface area contributed by atoms with Gasteiger partial charge in [-0.1, -0.05) is 0 Å². The molecule has 1 N–H and O–H groups in total. The molecule has 2 atom stereocenters. The van der Waals surface area contributed by atoms with Crippen LogP contribution in [-0.2, 0) is 0 Å². The van der Waals surface area contributed by atoms with Gasteiger partial charge in [0.15, 0.2) is 0 Å². The number of aliphatic hydroxyl groups is 1. The van der Waals surface area contributed by atoms with E-state index in [2.05, 4.69) is 4.90 Å². The molecule has 1 aromatic carbocycles. The Kier molecular flexibility index (Phi) is 2.65. The van der Waals surface area contributed by atoms with Crippen LogP contribution in [0.25, 0.3) is 0 Å². The van der Waals surface area contributed by atoms with Crippen LogP contribution in [0.3, 0.4) is 0 Å². The van der Waals surface area contributed by atoms with Gasteiger partial charge in [0.25, 0.3) is 0 Å². The number of halogens is 1. The van der Waals surface area contributed by atoms with Crippen LogP contribution in [0.2, 0.25) is 0 Å². The summed E-state index contributed by atoms with van der Waals surface area (Å²) in [7, 11) is 2.00. The van der Waals surface area contributed by atoms with Gasteiger partial charge in [-0.25, -0.2) is 4.39 Å². The van der Waals surface area contributed by atoms with E-state index < -0.39 is 0 Å². The molecule has 0 bridgehead atoms. The summed E-state index contributed by atoms with van der Waals surface area (Å²) < 4.78 is 13.1. The van der Waals surface area contributed by atoms with Crippen molar-refractivity contribution >= 4 is 5.69 Å². The van der Waals surface area contributed by atoms with E-state index in [1.54, 1.807) is 13.0 Å². The molecule has 2 rings (SSSR count). The monoisotopic (exact) mass is 209 g/mol. The van der Waals surface area contributed by atoms with Gasteiger partial charge in [-0.05, 0) is 37.1 Å². The average Bonchev–Trinajstić information content (AvgIpc) is 2.42. The first kappa shape index (κ1) is 10.4. The summed E-state index contributed by atoms with van der Waals surface area (Å²) >= 11 is 0. The number of likely N-dealkylation sites (N-methyl/N-ethyl adjacent to an activating group) is 1. The van der Waals surface area contributed by atoms with Crippen molar-refractivity contribution in [2.45, 2.75) is 25.4 Å². The standard InChI is InChI=1S/C12H16FNO/c1-8(15)5-9-7-14(2)12-4-3-10(13)6-11(9)12/h3-4,6,8-9,15H,5,7H2,1-2H3. The van der Waals surface area contributed by atoms with Gasteiger partial charge in [-0.15, -0.1) is 0 Å². The van der Waals surface area contributed by atoms with E-state index in [0.29, 0.717) is 6.42 Å². The fraction of sp³-hybridized carbons (Fsp3) is 0.500. The Hall–Kier alpha value is -1.09. The zero-order chi connectivity index (χ0) is 11.0. The fourth-order valence-electron chi connectivity index (χ4n) is 2.34. The zero-order valence-electron chi connectivity index (χ0n) is 9.07. The predicted octanol–water partition coefficient (Wildman–Crippen LogP) is 2.13. The van der Waals surface area contributed by atoms with Gasteiger partial charge in [0.05, 0.1) is 6.10 Å². The molecule has 0 radical (unpaired) electrons. The highest BCUT2D eigenvalue weighted by molar-refractivity contribution is 5.59. The molecular formula is C12H16FNO. The van der Waals surface area contributed by atoms with Crippen molar-refractivity contribution in [3.63, 3.8) is 0 Å². The quantitative estimate of drug-likeness (QED) is 0.806. The van der Waals surface area contributed by atoms with Crippen molar-refractivity contribution in [2.75, 3.05) is 18.5 Å². The highest BCUT2D eigenvalue weighted by Gasteiger charge is 2.27. The summed E-state index contributed by atoms with van der Waals surface area (Å²) in [4.78, 5) is 2.11. The van der Waals surface area contributed by atoms with Crippen molar-refractivity contribution in [1.82, 2.24) is 0 Å². The van der Waals surface area contributed by atoms with Crippen LogP contribution < -0.4 is 4.90 Å².